The Morgan fingerprint density at radius 3 is 1.62 bits per heavy atom. The first-order chi connectivity index (χ1) is 13.6. The average Bonchev–Trinajstić information content (AvgIpc) is 3.21. The Balaban J connectivity index is 0.000000166. The van der Waals surface area contributed by atoms with Gasteiger partial charge in [0.15, 0.2) is 0 Å². The van der Waals surface area contributed by atoms with Crippen LogP contribution in [0.2, 0.25) is 0 Å². The van der Waals surface area contributed by atoms with E-state index in [2.05, 4.69) is 5.32 Å². The molecule has 29 heavy (non-hydrogen) atoms. The van der Waals surface area contributed by atoms with E-state index in [1.54, 1.807) is 7.05 Å². The first-order valence-electron chi connectivity index (χ1n) is 9.30. The second-order valence-electron chi connectivity index (χ2n) is 7.66. The van der Waals surface area contributed by atoms with Crippen molar-refractivity contribution in [1.29, 1.82) is 0 Å². The number of alkyl halides is 2. The van der Waals surface area contributed by atoms with E-state index < -0.39 is 34.6 Å². The van der Waals surface area contributed by atoms with Gasteiger partial charge in [-0.25, -0.2) is 26.3 Å². The zero-order chi connectivity index (χ0) is 21.2. The molecule has 2 aromatic rings. The van der Waals surface area contributed by atoms with Crippen LogP contribution in [0.5, 0.6) is 0 Å². The van der Waals surface area contributed by atoms with Crippen molar-refractivity contribution in [2.75, 3.05) is 33.2 Å². The van der Waals surface area contributed by atoms with Crippen LogP contribution in [0.4, 0.5) is 26.3 Å². The molecule has 0 aromatic heterocycles. The van der Waals surface area contributed by atoms with Crippen LogP contribution in [0.25, 0.3) is 0 Å². The van der Waals surface area contributed by atoms with Crippen LogP contribution in [0.3, 0.4) is 0 Å². The van der Waals surface area contributed by atoms with Crippen LogP contribution in [-0.4, -0.2) is 38.1 Å². The van der Waals surface area contributed by atoms with Crippen molar-refractivity contribution in [2.24, 2.45) is 0 Å². The van der Waals surface area contributed by atoms with Crippen molar-refractivity contribution < 1.29 is 26.3 Å². The predicted octanol–water partition coefficient (Wildman–Crippen LogP) is 4.59. The summed E-state index contributed by atoms with van der Waals surface area (Å²) in [5.41, 5.74) is -3.05. The van der Waals surface area contributed by atoms with E-state index >= 15 is 0 Å². The van der Waals surface area contributed by atoms with Gasteiger partial charge in [-0.1, -0.05) is 0 Å². The quantitative estimate of drug-likeness (QED) is 0.721. The van der Waals surface area contributed by atoms with Crippen molar-refractivity contribution in [1.82, 2.24) is 10.2 Å². The van der Waals surface area contributed by atoms with Crippen LogP contribution < -0.4 is 5.32 Å². The van der Waals surface area contributed by atoms with Gasteiger partial charge < -0.3 is 10.2 Å². The Kier molecular flexibility index (Phi) is 6.24. The molecule has 2 nitrogen and oxygen atoms in total. The molecule has 0 amide bonds. The molecule has 2 aromatic carbocycles. The third kappa shape index (κ3) is 5.11. The van der Waals surface area contributed by atoms with Gasteiger partial charge in [0.25, 0.3) is 0 Å². The molecule has 2 aliphatic rings. The predicted molar refractivity (Wildman–Crippen MR) is 97.9 cm³/mol. The topological polar surface area (TPSA) is 15.3 Å². The zero-order valence-corrected chi connectivity index (χ0v) is 15.9. The lowest BCUT2D eigenvalue weighted by atomic mass is 9.95. The molecular weight excluding hydrogens is 394 g/mol. The fourth-order valence-electron chi connectivity index (χ4n) is 3.72. The normalized spacial score (nSPS) is 27.0. The highest BCUT2D eigenvalue weighted by molar-refractivity contribution is 5.27. The standard InChI is InChI=1S/C11H12F3N.C10H10F3N/c1-15-3-2-11(14,7-15)8-4-9(12)6-10(13)5-8;11-8-3-7(4-9(12)5-8)10(13)1-2-14-6-10/h4-6H,2-3,7H2,1H3;3-5,14H,1-2,6H2. The summed E-state index contributed by atoms with van der Waals surface area (Å²) in [6.07, 6.45) is 0.544. The van der Waals surface area contributed by atoms with Crippen LogP contribution in [0.1, 0.15) is 24.0 Å². The second kappa shape index (κ2) is 8.36. The average molecular weight is 416 g/mol. The summed E-state index contributed by atoms with van der Waals surface area (Å²) in [5, 5.41) is 2.83. The van der Waals surface area contributed by atoms with E-state index in [1.807, 2.05) is 4.90 Å². The van der Waals surface area contributed by atoms with Crippen molar-refractivity contribution in [3.8, 4) is 0 Å². The van der Waals surface area contributed by atoms with E-state index in [0.717, 1.165) is 36.4 Å². The molecule has 0 aliphatic carbocycles. The van der Waals surface area contributed by atoms with Gasteiger partial charge in [0.1, 0.15) is 34.6 Å². The van der Waals surface area contributed by atoms with Crippen LogP contribution in [0.15, 0.2) is 36.4 Å². The monoisotopic (exact) mass is 416 g/mol. The summed E-state index contributed by atoms with van der Waals surface area (Å²) in [4.78, 5) is 1.81. The Labute approximate surface area is 165 Å². The number of likely N-dealkylation sites (tertiary alicyclic amines) is 1. The van der Waals surface area contributed by atoms with Crippen LogP contribution >= 0.6 is 0 Å². The van der Waals surface area contributed by atoms with Gasteiger partial charge in [0, 0.05) is 31.8 Å². The fourth-order valence-corrected chi connectivity index (χ4v) is 3.72. The molecule has 0 spiro atoms. The molecule has 8 heteroatoms. The summed E-state index contributed by atoms with van der Waals surface area (Å²) in [5.74, 6) is -2.92. The zero-order valence-electron chi connectivity index (χ0n) is 15.9. The summed E-state index contributed by atoms with van der Waals surface area (Å²) in [6, 6.07) is 5.75. The Morgan fingerprint density at radius 1 is 0.759 bits per heavy atom. The summed E-state index contributed by atoms with van der Waals surface area (Å²) < 4.78 is 79.8. The van der Waals surface area contributed by atoms with Crippen LogP contribution in [0, 0.1) is 23.3 Å². The lowest BCUT2D eigenvalue weighted by molar-refractivity contribution is 0.173. The van der Waals surface area contributed by atoms with Gasteiger partial charge in [-0.3, -0.25) is 0 Å². The lowest BCUT2D eigenvalue weighted by Crippen LogP contribution is -2.24. The molecule has 2 saturated heterocycles. The molecule has 2 heterocycles. The Bertz CT molecular complexity index is 828. The number of hydrogen-bond acceptors (Lipinski definition) is 2. The molecule has 0 bridgehead atoms. The van der Waals surface area contributed by atoms with E-state index in [9.17, 15) is 26.3 Å². The highest BCUT2D eigenvalue weighted by Crippen LogP contribution is 2.36. The van der Waals surface area contributed by atoms with Gasteiger partial charge in [-0.05, 0) is 61.8 Å². The molecule has 2 unspecified atom stereocenters. The largest absolute Gasteiger partial charge is 0.313 e. The molecule has 4 rings (SSSR count). The molecule has 1 N–H and O–H groups in total. The first-order valence-corrected chi connectivity index (χ1v) is 9.30. The maximum absolute atomic E-state index is 14.3. The van der Waals surface area contributed by atoms with Crippen molar-refractivity contribution in [2.45, 2.75) is 24.2 Å². The third-order valence-corrected chi connectivity index (χ3v) is 5.27. The molecule has 0 radical (unpaired) electrons. The maximum atomic E-state index is 14.3. The van der Waals surface area contributed by atoms with Gasteiger partial charge in [-0.2, -0.15) is 0 Å². The summed E-state index contributed by atoms with van der Waals surface area (Å²) >= 11 is 0. The highest BCUT2D eigenvalue weighted by Gasteiger charge is 2.39. The Morgan fingerprint density at radius 2 is 1.24 bits per heavy atom. The lowest BCUT2D eigenvalue weighted by Gasteiger charge is -2.19. The second-order valence-corrected chi connectivity index (χ2v) is 7.66. The van der Waals surface area contributed by atoms with Crippen molar-refractivity contribution in [3.05, 3.63) is 70.8 Å². The van der Waals surface area contributed by atoms with Crippen LogP contribution in [-0.2, 0) is 11.3 Å². The smallest absolute Gasteiger partial charge is 0.150 e. The molecule has 158 valence electrons. The summed E-state index contributed by atoms with van der Waals surface area (Å²) in [7, 11) is 1.79. The van der Waals surface area contributed by atoms with E-state index in [4.69, 9.17) is 0 Å². The van der Waals surface area contributed by atoms with Gasteiger partial charge >= 0.3 is 0 Å². The number of likely N-dealkylation sites (N-methyl/N-ethyl adjacent to an activating group) is 1. The van der Waals surface area contributed by atoms with Crippen molar-refractivity contribution >= 4 is 0 Å². The van der Waals surface area contributed by atoms with Crippen molar-refractivity contribution in [3.63, 3.8) is 0 Å². The van der Waals surface area contributed by atoms with E-state index in [1.165, 1.54) is 0 Å². The SMILES string of the molecule is CN1CCC(F)(c2cc(F)cc(F)c2)C1.Fc1cc(F)cc(C2(F)CCNC2)c1. The number of halogens is 6. The van der Waals surface area contributed by atoms with E-state index in [-0.39, 0.29) is 37.1 Å². The highest BCUT2D eigenvalue weighted by atomic mass is 19.2. The van der Waals surface area contributed by atoms with E-state index in [0.29, 0.717) is 13.1 Å². The summed E-state index contributed by atoms with van der Waals surface area (Å²) in [6.45, 7) is 1.45. The molecule has 2 aliphatic heterocycles. The van der Waals surface area contributed by atoms with Gasteiger partial charge in [0.2, 0.25) is 0 Å². The number of nitrogens with one attached hydrogen (secondary N) is 1. The molecule has 2 fully saturated rings. The number of hydrogen-bond donors (Lipinski definition) is 1. The van der Waals surface area contributed by atoms with Gasteiger partial charge in [0.05, 0.1) is 0 Å². The Hall–Kier alpha value is -2.06. The third-order valence-electron chi connectivity index (χ3n) is 5.27. The minimum Gasteiger partial charge on any atom is -0.313 e. The minimum atomic E-state index is -1.62. The molecular formula is C21H22F6N2. The first kappa shape index (κ1) is 21.6. The number of nitrogens with zero attached hydrogens (tertiary/aromatic N) is 1. The molecule has 0 saturated carbocycles. The fraction of sp³-hybridized carbons (Fsp3) is 0.429. The molecule has 2 atom stereocenters. The number of rotatable bonds is 2. The van der Waals surface area contributed by atoms with Gasteiger partial charge in [-0.15, -0.1) is 0 Å². The minimum absolute atomic E-state index is 0.0833. The number of benzene rings is 2. The maximum Gasteiger partial charge on any atom is 0.150 e.